The molecular formula is C20H22N2O2S. The van der Waals surface area contributed by atoms with Crippen LogP contribution in [0.3, 0.4) is 0 Å². The van der Waals surface area contributed by atoms with Gasteiger partial charge in [0.25, 0.3) is 0 Å². The van der Waals surface area contributed by atoms with Crippen molar-refractivity contribution in [2.24, 2.45) is 0 Å². The van der Waals surface area contributed by atoms with E-state index < -0.39 is 0 Å². The summed E-state index contributed by atoms with van der Waals surface area (Å²) in [6.07, 6.45) is 1.92. The van der Waals surface area contributed by atoms with E-state index >= 15 is 0 Å². The van der Waals surface area contributed by atoms with Crippen LogP contribution < -0.4 is 4.74 Å². The number of rotatable bonds is 7. The largest absolute Gasteiger partial charge is 0.497 e. The van der Waals surface area contributed by atoms with Crippen LogP contribution in [0.15, 0.2) is 66.0 Å². The van der Waals surface area contributed by atoms with E-state index in [-0.39, 0.29) is 11.9 Å². The van der Waals surface area contributed by atoms with Crippen LogP contribution in [0.5, 0.6) is 5.75 Å². The molecular weight excluding hydrogens is 332 g/mol. The summed E-state index contributed by atoms with van der Waals surface area (Å²) in [5.41, 5.74) is 3.12. The minimum absolute atomic E-state index is 0.0527. The molecule has 130 valence electrons. The van der Waals surface area contributed by atoms with Gasteiger partial charge in [-0.2, -0.15) is 0 Å². The van der Waals surface area contributed by atoms with Crippen molar-refractivity contribution in [3.63, 3.8) is 0 Å². The van der Waals surface area contributed by atoms with Gasteiger partial charge < -0.3 is 14.4 Å². The van der Waals surface area contributed by atoms with Crippen LogP contribution >= 0.6 is 11.8 Å². The quantitative estimate of drug-likeness (QED) is 0.643. The Labute approximate surface area is 152 Å². The van der Waals surface area contributed by atoms with Gasteiger partial charge in [-0.3, -0.25) is 0 Å². The lowest BCUT2D eigenvalue weighted by atomic mass is 10.2. The van der Waals surface area contributed by atoms with E-state index in [0.29, 0.717) is 12.2 Å². The Bertz CT molecular complexity index is 800. The fourth-order valence-corrected chi connectivity index (χ4v) is 3.64. The van der Waals surface area contributed by atoms with Crippen molar-refractivity contribution >= 4 is 11.8 Å². The summed E-state index contributed by atoms with van der Waals surface area (Å²) in [7, 11) is 1.66. The van der Waals surface area contributed by atoms with Crippen molar-refractivity contribution in [2.75, 3.05) is 7.11 Å². The molecule has 0 aliphatic carbocycles. The van der Waals surface area contributed by atoms with E-state index in [1.54, 1.807) is 18.9 Å². The zero-order valence-corrected chi connectivity index (χ0v) is 15.2. The van der Waals surface area contributed by atoms with Crippen molar-refractivity contribution in [3.8, 4) is 5.75 Å². The van der Waals surface area contributed by atoms with Gasteiger partial charge in [0.05, 0.1) is 19.4 Å². The summed E-state index contributed by atoms with van der Waals surface area (Å²) < 4.78 is 7.30. The predicted molar refractivity (Wildman–Crippen MR) is 101 cm³/mol. The Balaban J connectivity index is 1.80. The number of ether oxygens (including phenoxy) is 1. The number of hydrogen-bond acceptors (Lipinski definition) is 4. The molecule has 4 nitrogen and oxygen atoms in total. The molecule has 0 saturated carbocycles. The average Bonchev–Trinajstić information content (AvgIpc) is 3.04. The molecule has 3 aromatic rings. The highest BCUT2D eigenvalue weighted by Gasteiger charge is 2.14. The standard InChI is InChI=1S/C20H22N2O2S/c1-15(17-6-4-3-5-7-17)25-20-21-18(14-23)13-22(20)12-16-8-10-19(24-2)11-9-16/h3-11,13,15,23H,12,14H2,1-2H3/t15-/m0/s1. The zero-order valence-electron chi connectivity index (χ0n) is 14.4. The maximum absolute atomic E-state index is 9.46. The highest BCUT2D eigenvalue weighted by atomic mass is 32.2. The molecule has 0 radical (unpaired) electrons. The zero-order chi connectivity index (χ0) is 17.6. The first kappa shape index (κ1) is 17.6. The van der Waals surface area contributed by atoms with Gasteiger partial charge in [-0.05, 0) is 30.2 Å². The van der Waals surface area contributed by atoms with E-state index in [1.807, 2.05) is 36.5 Å². The lowest BCUT2D eigenvalue weighted by Crippen LogP contribution is -2.01. The minimum atomic E-state index is -0.0527. The van der Waals surface area contributed by atoms with E-state index in [1.165, 1.54) is 5.56 Å². The number of thioether (sulfide) groups is 1. The maximum atomic E-state index is 9.46. The van der Waals surface area contributed by atoms with Crippen molar-refractivity contribution in [1.29, 1.82) is 0 Å². The van der Waals surface area contributed by atoms with E-state index in [4.69, 9.17) is 4.74 Å². The fraction of sp³-hybridized carbons (Fsp3) is 0.250. The molecule has 3 rings (SSSR count). The molecule has 0 saturated heterocycles. The molecule has 25 heavy (non-hydrogen) atoms. The van der Waals surface area contributed by atoms with Crippen molar-refractivity contribution < 1.29 is 9.84 Å². The molecule has 2 aromatic carbocycles. The summed E-state index contributed by atoms with van der Waals surface area (Å²) in [6.45, 7) is 2.83. The van der Waals surface area contributed by atoms with Crippen LogP contribution in [0.25, 0.3) is 0 Å². The van der Waals surface area contributed by atoms with Crippen LogP contribution in [-0.2, 0) is 13.2 Å². The Kier molecular flexibility index (Phi) is 5.79. The molecule has 0 aliphatic rings. The molecule has 1 heterocycles. The Morgan fingerprint density at radius 1 is 1.12 bits per heavy atom. The molecule has 0 spiro atoms. The maximum Gasteiger partial charge on any atom is 0.169 e. The number of aliphatic hydroxyl groups excluding tert-OH is 1. The van der Waals surface area contributed by atoms with Crippen LogP contribution in [-0.4, -0.2) is 21.8 Å². The highest BCUT2D eigenvalue weighted by molar-refractivity contribution is 7.99. The Hall–Kier alpha value is -2.24. The lowest BCUT2D eigenvalue weighted by Gasteiger charge is -2.13. The second-order valence-electron chi connectivity index (χ2n) is 5.82. The van der Waals surface area contributed by atoms with Crippen molar-refractivity contribution in [1.82, 2.24) is 9.55 Å². The third-order valence-electron chi connectivity index (χ3n) is 4.01. The van der Waals surface area contributed by atoms with Gasteiger partial charge in [-0.25, -0.2) is 4.98 Å². The molecule has 0 bridgehead atoms. The van der Waals surface area contributed by atoms with E-state index in [0.717, 1.165) is 16.5 Å². The third kappa shape index (κ3) is 4.44. The fourth-order valence-electron chi connectivity index (χ4n) is 2.61. The van der Waals surface area contributed by atoms with E-state index in [2.05, 4.69) is 40.7 Å². The van der Waals surface area contributed by atoms with Gasteiger partial charge in [0.2, 0.25) is 0 Å². The number of imidazole rings is 1. The van der Waals surface area contributed by atoms with Crippen LogP contribution in [0.2, 0.25) is 0 Å². The number of benzene rings is 2. The summed E-state index contributed by atoms with van der Waals surface area (Å²) in [4.78, 5) is 4.58. The number of aliphatic hydroxyl groups is 1. The van der Waals surface area contributed by atoms with Gasteiger partial charge >= 0.3 is 0 Å². The summed E-state index contributed by atoms with van der Waals surface area (Å²) in [6, 6.07) is 18.4. The second kappa shape index (κ2) is 8.23. The number of methoxy groups -OCH3 is 1. The van der Waals surface area contributed by atoms with E-state index in [9.17, 15) is 5.11 Å². The van der Waals surface area contributed by atoms with Gasteiger partial charge in [0.1, 0.15) is 5.75 Å². The molecule has 1 atom stereocenters. The summed E-state index contributed by atoms with van der Waals surface area (Å²) in [5.74, 6) is 0.845. The first-order valence-corrected chi connectivity index (χ1v) is 9.09. The molecule has 0 amide bonds. The number of nitrogens with zero attached hydrogens (tertiary/aromatic N) is 2. The number of aromatic nitrogens is 2. The molecule has 0 fully saturated rings. The SMILES string of the molecule is COc1ccc(Cn2cc(CO)nc2S[C@@H](C)c2ccccc2)cc1. The summed E-state index contributed by atoms with van der Waals surface area (Å²) in [5, 5.41) is 10.7. The first-order chi connectivity index (χ1) is 12.2. The topological polar surface area (TPSA) is 47.3 Å². The van der Waals surface area contributed by atoms with Gasteiger partial charge in [-0.15, -0.1) is 0 Å². The predicted octanol–water partition coefficient (Wildman–Crippen LogP) is 4.29. The highest BCUT2D eigenvalue weighted by Crippen LogP contribution is 2.34. The molecule has 1 N–H and O–H groups in total. The van der Waals surface area contributed by atoms with Crippen LogP contribution in [0.1, 0.15) is 29.0 Å². The lowest BCUT2D eigenvalue weighted by molar-refractivity contribution is 0.277. The number of hydrogen-bond donors (Lipinski definition) is 1. The third-order valence-corrected chi connectivity index (χ3v) is 5.18. The molecule has 0 unspecified atom stereocenters. The normalized spacial score (nSPS) is 12.1. The Morgan fingerprint density at radius 2 is 1.84 bits per heavy atom. The molecule has 1 aromatic heterocycles. The van der Waals surface area contributed by atoms with Crippen molar-refractivity contribution in [2.45, 2.75) is 30.5 Å². The van der Waals surface area contributed by atoms with Gasteiger partial charge in [-0.1, -0.05) is 54.2 Å². The van der Waals surface area contributed by atoms with Crippen LogP contribution in [0, 0.1) is 0 Å². The monoisotopic (exact) mass is 354 g/mol. The Morgan fingerprint density at radius 3 is 2.48 bits per heavy atom. The smallest absolute Gasteiger partial charge is 0.169 e. The van der Waals surface area contributed by atoms with Crippen molar-refractivity contribution in [3.05, 3.63) is 77.6 Å². The summed E-state index contributed by atoms with van der Waals surface area (Å²) >= 11 is 1.70. The molecule has 0 aliphatic heterocycles. The van der Waals surface area contributed by atoms with Gasteiger partial charge in [0.15, 0.2) is 5.16 Å². The second-order valence-corrected chi connectivity index (χ2v) is 7.13. The average molecular weight is 354 g/mol. The first-order valence-electron chi connectivity index (χ1n) is 8.21. The minimum Gasteiger partial charge on any atom is -0.497 e. The van der Waals surface area contributed by atoms with Gasteiger partial charge in [0, 0.05) is 18.0 Å². The van der Waals surface area contributed by atoms with Crippen LogP contribution in [0.4, 0.5) is 0 Å². The molecule has 5 heteroatoms.